The number of aromatic amines is 1. The number of urea groups is 1. The minimum Gasteiger partial charge on any atom is -0.497 e. The van der Waals surface area contributed by atoms with Gasteiger partial charge in [0.25, 0.3) is 0 Å². The van der Waals surface area contributed by atoms with Gasteiger partial charge in [-0.3, -0.25) is 0 Å². The standard InChI is InChI=1S/C27H26N4O2/c1-31-17-24(21-8-4-6-10-26(21)31)23(22-15-28-25-9-5-3-7-20(22)25)16-29-27(32)30-18-11-13-19(33-2)14-12-18/h3-15,17,23,28H,16H2,1-2H3,(H2,29,30,32). The number of hydrogen-bond donors (Lipinski definition) is 3. The van der Waals surface area contributed by atoms with Crippen molar-refractivity contribution >= 4 is 33.5 Å². The van der Waals surface area contributed by atoms with Crippen molar-refractivity contribution < 1.29 is 9.53 Å². The Labute approximate surface area is 192 Å². The zero-order valence-electron chi connectivity index (χ0n) is 18.6. The minimum atomic E-state index is -0.245. The molecule has 1 atom stereocenters. The minimum absolute atomic E-state index is 0.0196. The molecule has 33 heavy (non-hydrogen) atoms. The number of para-hydroxylation sites is 2. The third-order valence-corrected chi connectivity index (χ3v) is 6.11. The lowest BCUT2D eigenvalue weighted by atomic mass is 9.90. The van der Waals surface area contributed by atoms with Crippen LogP contribution < -0.4 is 15.4 Å². The number of amides is 2. The highest BCUT2D eigenvalue weighted by Gasteiger charge is 2.22. The van der Waals surface area contributed by atoms with Crippen LogP contribution in [0.15, 0.2) is 85.2 Å². The van der Waals surface area contributed by atoms with Gasteiger partial charge in [-0.15, -0.1) is 0 Å². The molecule has 2 amide bonds. The maximum atomic E-state index is 12.7. The Morgan fingerprint density at radius 1 is 0.970 bits per heavy atom. The van der Waals surface area contributed by atoms with Crippen molar-refractivity contribution in [3.63, 3.8) is 0 Å². The summed E-state index contributed by atoms with van der Waals surface area (Å²) in [6.07, 6.45) is 4.22. The SMILES string of the molecule is COc1ccc(NC(=O)NCC(c2c[nH]c3ccccc23)c2cn(C)c3ccccc23)cc1. The Morgan fingerprint density at radius 2 is 1.70 bits per heavy atom. The number of rotatable bonds is 6. The van der Waals surface area contributed by atoms with Gasteiger partial charge in [0.1, 0.15) is 5.75 Å². The van der Waals surface area contributed by atoms with E-state index < -0.39 is 0 Å². The first kappa shape index (κ1) is 20.7. The van der Waals surface area contributed by atoms with Crippen LogP contribution in [0.1, 0.15) is 17.0 Å². The molecule has 6 nitrogen and oxygen atoms in total. The zero-order valence-corrected chi connectivity index (χ0v) is 18.6. The molecule has 166 valence electrons. The Balaban J connectivity index is 1.46. The van der Waals surface area contributed by atoms with Gasteiger partial charge in [0.2, 0.25) is 0 Å². The lowest BCUT2D eigenvalue weighted by Crippen LogP contribution is -2.32. The van der Waals surface area contributed by atoms with Crippen molar-refractivity contribution in [3.8, 4) is 5.75 Å². The Morgan fingerprint density at radius 3 is 2.48 bits per heavy atom. The number of H-pyrrole nitrogens is 1. The predicted octanol–water partition coefficient (Wildman–Crippen LogP) is 5.62. The molecular weight excluding hydrogens is 412 g/mol. The Bertz CT molecular complexity index is 1420. The maximum Gasteiger partial charge on any atom is 0.319 e. The molecule has 0 radical (unpaired) electrons. The molecule has 0 aliphatic heterocycles. The molecule has 2 aromatic heterocycles. The number of methoxy groups -OCH3 is 1. The second-order valence-electron chi connectivity index (χ2n) is 8.12. The fourth-order valence-electron chi connectivity index (χ4n) is 4.46. The van der Waals surface area contributed by atoms with Gasteiger partial charge in [-0.2, -0.15) is 0 Å². The van der Waals surface area contributed by atoms with E-state index >= 15 is 0 Å². The van der Waals surface area contributed by atoms with E-state index in [4.69, 9.17) is 4.74 Å². The van der Waals surface area contributed by atoms with Crippen LogP contribution in [0.2, 0.25) is 0 Å². The summed E-state index contributed by atoms with van der Waals surface area (Å²) in [5.74, 6) is 0.727. The molecule has 6 heteroatoms. The number of aromatic nitrogens is 2. The van der Waals surface area contributed by atoms with Crippen molar-refractivity contribution in [2.24, 2.45) is 7.05 Å². The number of carbonyl (C=O) groups is 1. The normalized spacial score (nSPS) is 12.1. The first-order valence-corrected chi connectivity index (χ1v) is 10.9. The number of fused-ring (bicyclic) bond motifs is 2. The first-order valence-electron chi connectivity index (χ1n) is 10.9. The van der Waals surface area contributed by atoms with Gasteiger partial charge >= 0.3 is 6.03 Å². The lowest BCUT2D eigenvalue weighted by molar-refractivity contribution is 0.252. The number of benzene rings is 3. The topological polar surface area (TPSA) is 71.1 Å². The molecule has 0 bridgehead atoms. The van der Waals surface area contributed by atoms with E-state index in [1.54, 1.807) is 7.11 Å². The number of ether oxygens (including phenoxy) is 1. The summed E-state index contributed by atoms with van der Waals surface area (Å²) in [4.78, 5) is 16.1. The summed E-state index contributed by atoms with van der Waals surface area (Å²) in [7, 11) is 3.68. The second-order valence-corrected chi connectivity index (χ2v) is 8.12. The summed E-state index contributed by atoms with van der Waals surface area (Å²) in [5.41, 5.74) is 5.30. The summed E-state index contributed by atoms with van der Waals surface area (Å²) in [5, 5.41) is 8.33. The molecule has 0 fully saturated rings. The van der Waals surface area contributed by atoms with E-state index in [9.17, 15) is 4.79 Å². The van der Waals surface area contributed by atoms with E-state index in [1.165, 1.54) is 16.5 Å². The van der Waals surface area contributed by atoms with Gasteiger partial charge in [0, 0.05) is 59.4 Å². The number of anilines is 1. The van der Waals surface area contributed by atoms with Crippen LogP contribution in [0.25, 0.3) is 21.8 Å². The van der Waals surface area contributed by atoms with Crippen LogP contribution in [0.3, 0.4) is 0 Å². The molecule has 3 N–H and O–H groups in total. The molecule has 0 saturated carbocycles. The van der Waals surface area contributed by atoms with Gasteiger partial charge < -0.3 is 24.9 Å². The second kappa shape index (κ2) is 8.74. The monoisotopic (exact) mass is 438 g/mol. The average molecular weight is 439 g/mol. The Kier molecular flexibility index (Phi) is 5.48. The molecule has 2 heterocycles. The summed E-state index contributed by atoms with van der Waals surface area (Å²) < 4.78 is 7.33. The van der Waals surface area contributed by atoms with Crippen molar-refractivity contribution in [2.75, 3.05) is 19.0 Å². The third-order valence-electron chi connectivity index (χ3n) is 6.11. The van der Waals surface area contributed by atoms with Gasteiger partial charge in [-0.05, 0) is 47.5 Å². The summed E-state index contributed by atoms with van der Waals surface area (Å²) in [6.45, 7) is 0.456. The zero-order chi connectivity index (χ0) is 22.8. The largest absolute Gasteiger partial charge is 0.497 e. The number of nitrogens with zero attached hydrogens (tertiary/aromatic N) is 1. The van der Waals surface area contributed by atoms with Crippen LogP contribution in [-0.2, 0) is 7.05 Å². The predicted molar refractivity (Wildman–Crippen MR) is 133 cm³/mol. The van der Waals surface area contributed by atoms with Crippen LogP contribution in [-0.4, -0.2) is 29.2 Å². The number of nitrogens with one attached hydrogen (secondary N) is 3. The van der Waals surface area contributed by atoms with E-state index in [0.717, 1.165) is 22.2 Å². The highest BCUT2D eigenvalue weighted by molar-refractivity contribution is 5.91. The molecule has 5 rings (SSSR count). The Hall–Kier alpha value is -4.19. The number of carbonyl (C=O) groups excluding carboxylic acids is 1. The van der Waals surface area contributed by atoms with E-state index in [0.29, 0.717) is 12.2 Å². The number of aryl methyl sites for hydroxylation is 1. The lowest BCUT2D eigenvalue weighted by Gasteiger charge is -2.18. The molecule has 5 aromatic rings. The molecule has 0 spiro atoms. The molecule has 1 unspecified atom stereocenters. The van der Waals surface area contributed by atoms with Crippen LogP contribution >= 0.6 is 0 Å². The molecule has 0 saturated heterocycles. The van der Waals surface area contributed by atoms with Gasteiger partial charge in [0.15, 0.2) is 0 Å². The highest BCUT2D eigenvalue weighted by Crippen LogP contribution is 2.35. The molecule has 3 aromatic carbocycles. The molecule has 0 aliphatic carbocycles. The van der Waals surface area contributed by atoms with Crippen molar-refractivity contribution in [3.05, 3.63) is 96.3 Å². The van der Waals surface area contributed by atoms with Crippen LogP contribution in [0.5, 0.6) is 5.75 Å². The molecule has 0 aliphatic rings. The van der Waals surface area contributed by atoms with E-state index in [2.05, 4.69) is 70.0 Å². The summed E-state index contributed by atoms with van der Waals surface area (Å²) in [6, 6.07) is 23.7. The fraction of sp³-hybridized carbons (Fsp3) is 0.148. The molecular formula is C27H26N4O2. The average Bonchev–Trinajstić information content (AvgIpc) is 3.42. The number of hydrogen-bond acceptors (Lipinski definition) is 2. The third kappa shape index (κ3) is 4.03. The van der Waals surface area contributed by atoms with Crippen molar-refractivity contribution in [2.45, 2.75) is 5.92 Å². The van der Waals surface area contributed by atoms with E-state index in [1.807, 2.05) is 42.5 Å². The van der Waals surface area contributed by atoms with Crippen LogP contribution in [0, 0.1) is 0 Å². The highest BCUT2D eigenvalue weighted by atomic mass is 16.5. The van der Waals surface area contributed by atoms with Crippen LogP contribution in [0.4, 0.5) is 10.5 Å². The van der Waals surface area contributed by atoms with Gasteiger partial charge in [-0.1, -0.05) is 36.4 Å². The first-order chi connectivity index (χ1) is 16.1. The van der Waals surface area contributed by atoms with E-state index in [-0.39, 0.29) is 11.9 Å². The van der Waals surface area contributed by atoms with Crippen molar-refractivity contribution in [1.82, 2.24) is 14.9 Å². The van der Waals surface area contributed by atoms with Gasteiger partial charge in [0.05, 0.1) is 7.11 Å². The smallest absolute Gasteiger partial charge is 0.319 e. The summed E-state index contributed by atoms with van der Waals surface area (Å²) >= 11 is 0. The maximum absolute atomic E-state index is 12.7. The quantitative estimate of drug-likeness (QED) is 0.322. The van der Waals surface area contributed by atoms with Gasteiger partial charge in [-0.25, -0.2) is 4.79 Å². The van der Waals surface area contributed by atoms with Crippen molar-refractivity contribution in [1.29, 1.82) is 0 Å². The fourth-order valence-corrected chi connectivity index (χ4v) is 4.46.